The van der Waals surface area contributed by atoms with Crippen LogP contribution in [-0.2, 0) is 0 Å². The first-order chi connectivity index (χ1) is 18.8. The number of benzene rings is 6. The molecule has 0 saturated heterocycles. The second-order valence-corrected chi connectivity index (χ2v) is 9.73. The number of rotatable bonds is 3. The van der Waals surface area contributed by atoms with Gasteiger partial charge in [-0.15, -0.1) is 0 Å². The van der Waals surface area contributed by atoms with Crippen LogP contribution in [0.3, 0.4) is 0 Å². The zero-order valence-corrected chi connectivity index (χ0v) is 20.5. The maximum Gasteiger partial charge on any atom is 0.147 e. The van der Waals surface area contributed by atoms with Crippen molar-refractivity contribution in [1.82, 2.24) is 0 Å². The van der Waals surface area contributed by atoms with E-state index in [0.29, 0.717) is 0 Å². The van der Waals surface area contributed by atoms with Crippen LogP contribution >= 0.6 is 0 Å². The van der Waals surface area contributed by atoms with E-state index < -0.39 is 0 Å². The van der Waals surface area contributed by atoms with Crippen LogP contribution in [0, 0.1) is 0 Å². The highest BCUT2D eigenvalue weighted by molar-refractivity contribution is 6.22. The van der Waals surface area contributed by atoms with Crippen LogP contribution in [0.15, 0.2) is 142 Å². The molecule has 0 aliphatic rings. The first kappa shape index (κ1) is 21.0. The molecule has 0 bridgehead atoms. The molecule has 2 heterocycles. The molecule has 0 radical (unpaired) electrons. The minimum Gasteiger partial charge on any atom is -0.455 e. The van der Waals surface area contributed by atoms with Gasteiger partial charge in [-0.1, -0.05) is 103 Å². The van der Waals surface area contributed by atoms with Gasteiger partial charge in [0.2, 0.25) is 0 Å². The minimum atomic E-state index is 0.849. The fraction of sp³-hybridized carbons (Fsp3) is 0. The molecule has 6 aromatic carbocycles. The Morgan fingerprint density at radius 1 is 0.316 bits per heavy atom. The lowest BCUT2D eigenvalue weighted by atomic mass is 9.95. The minimum absolute atomic E-state index is 0.849. The Hall–Kier alpha value is -5.08. The van der Waals surface area contributed by atoms with Gasteiger partial charge in [-0.05, 0) is 58.1 Å². The van der Waals surface area contributed by atoms with Gasteiger partial charge in [0, 0.05) is 21.5 Å². The van der Waals surface area contributed by atoms with Crippen LogP contribution in [0.1, 0.15) is 0 Å². The molecule has 0 atom stereocenters. The Labute approximate surface area is 219 Å². The van der Waals surface area contributed by atoms with Gasteiger partial charge in [0.1, 0.15) is 22.3 Å². The van der Waals surface area contributed by atoms with Crippen molar-refractivity contribution in [1.29, 1.82) is 0 Å². The maximum atomic E-state index is 6.62. The summed E-state index contributed by atoms with van der Waals surface area (Å²) in [7, 11) is 0. The molecule has 0 spiro atoms. The van der Waals surface area contributed by atoms with E-state index in [9.17, 15) is 0 Å². The van der Waals surface area contributed by atoms with Crippen molar-refractivity contribution in [2.45, 2.75) is 0 Å². The normalized spacial score (nSPS) is 11.7. The van der Waals surface area contributed by atoms with Crippen LogP contribution < -0.4 is 0 Å². The van der Waals surface area contributed by atoms with Crippen molar-refractivity contribution in [3.8, 4) is 33.4 Å². The molecule has 38 heavy (non-hydrogen) atoms. The van der Waals surface area contributed by atoms with Crippen LogP contribution in [0.2, 0.25) is 0 Å². The summed E-state index contributed by atoms with van der Waals surface area (Å²) in [5, 5.41) is 4.41. The molecule has 0 fully saturated rings. The third kappa shape index (κ3) is 3.21. The van der Waals surface area contributed by atoms with Crippen molar-refractivity contribution < 1.29 is 8.83 Å². The molecule has 0 amide bonds. The Morgan fingerprint density at radius 3 is 1.61 bits per heavy atom. The average Bonchev–Trinajstić information content (AvgIpc) is 3.54. The second-order valence-electron chi connectivity index (χ2n) is 9.73. The summed E-state index contributed by atoms with van der Waals surface area (Å²) in [4.78, 5) is 0. The van der Waals surface area contributed by atoms with Crippen molar-refractivity contribution >= 4 is 43.9 Å². The molecule has 0 saturated carbocycles. The summed E-state index contributed by atoms with van der Waals surface area (Å²) in [5.74, 6) is 0. The van der Waals surface area contributed by atoms with E-state index in [1.54, 1.807) is 0 Å². The SMILES string of the molecule is c1ccc(-c2cccc(-c3c4oc5ccccc5c4cc4c3oc3ccc(-c5ccccc5)cc34)c2)cc1. The van der Waals surface area contributed by atoms with E-state index in [2.05, 4.69) is 109 Å². The molecule has 8 rings (SSSR count). The van der Waals surface area contributed by atoms with Crippen LogP contribution in [0.4, 0.5) is 0 Å². The van der Waals surface area contributed by atoms with E-state index >= 15 is 0 Å². The highest BCUT2D eigenvalue weighted by Crippen LogP contribution is 2.45. The third-order valence-corrected chi connectivity index (χ3v) is 7.47. The van der Waals surface area contributed by atoms with E-state index in [1.165, 1.54) is 16.7 Å². The van der Waals surface area contributed by atoms with Crippen molar-refractivity contribution in [2.24, 2.45) is 0 Å². The van der Waals surface area contributed by atoms with Gasteiger partial charge >= 0.3 is 0 Å². The van der Waals surface area contributed by atoms with Crippen molar-refractivity contribution in [2.75, 3.05) is 0 Å². The Morgan fingerprint density at radius 2 is 0.868 bits per heavy atom. The highest BCUT2D eigenvalue weighted by Gasteiger charge is 2.21. The molecule has 0 aliphatic heterocycles. The molecule has 0 N–H and O–H groups in total. The monoisotopic (exact) mass is 486 g/mol. The fourth-order valence-electron chi connectivity index (χ4n) is 5.64. The van der Waals surface area contributed by atoms with Gasteiger partial charge in [0.05, 0.1) is 5.56 Å². The molecular formula is C36H22O2. The largest absolute Gasteiger partial charge is 0.455 e. The number of hydrogen-bond acceptors (Lipinski definition) is 2. The lowest BCUT2D eigenvalue weighted by Gasteiger charge is -2.08. The van der Waals surface area contributed by atoms with Gasteiger partial charge in [-0.2, -0.15) is 0 Å². The number of para-hydroxylation sites is 1. The molecule has 0 aliphatic carbocycles. The van der Waals surface area contributed by atoms with E-state index in [-0.39, 0.29) is 0 Å². The average molecular weight is 487 g/mol. The first-order valence-electron chi connectivity index (χ1n) is 12.9. The summed E-state index contributed by atoms with van der Waals surface area (Å²) >= 11 is 0. The Bertz CT molecular complexity index is 2110. The zero-order valence-electron chi connectivity index (χ0n) is 20.5. The number of hydrogen-bond donors (Lipinski definition) is 0. The van der Waals surface area contributed by atoms with Gasteiger partial charge in [0.15, 0.2) is 0 Å². The lowest BCUT2D eigenvalue weighted by molar-refractivity contribution is 0.658. The Balaban J connectivity index is 1.47. The molecule has 8 aromatic rings. The first-order valence-corrected chi connectivity index (χ1v) is 12.9. The molecule has 2 nitrogen and oxygen atoms in total. The summed E-state index contributed by atoms with van der Waals surface area (Å²) in [6.07, 6.45) is 0. The highest BCUT2D eigenvalue weighted by atomic mass is 16.3. The van der Waals surface area contributed by atoms with Crippen LogP contribution in [-0.4, -0.2) is 0 Å². The van der Waals surface area contributed by atoms with Gasteiger partial charge < -0.3 is 8.83 Å². The summed E-state index contributed by atoms with van der Waals surface area (Å²) < 4.78 is 13.1. The fourth-order valence-corrected chi connectivity index (χ4v) is 5.64. The van der Waals surface area contributed by atoms with E-state index in [4.69, 9.17) is 8.83 Å². The standard InChI is InChI=1S/C36H22O2/c1-3-10-23(11-4-1)25-14-9-15-27(20-25)34-35-30(28-16-7-8-17-32(28)37-35)22-31-29-21-26(24-12-5-2-6-13-24)18-19-33(29)38-36(31)34/h1-22H. The molecule has 2 aromatic heterocycles. The van der Waals surface area contributed by atoms with E-state index in [1.807, 2.05) is 24.3 Å². The van der Waals surface area contributed by atoms with Gasteiger partial charge in [-0.25, -0.2) is 0 Å². The quantitative estimate of drug-likeness (QED) is 0.248. The maximum absolute atomic E-state index is 6.62. The Kier molecular flexibility index (Phi) is 4.55. The number of furan rings is 2. The van der Waals surface area contributed by atoms with Crippen molar-refractivity contribution in [3.05, 3.63) is 133 Å². The van der Waals surface area contributed by atoms with Crippen LogP contribution in [0.25, 0.3) is 77.3 Å². The predicted molar refractivity (Wildman–Crippen MR) is 157 cm³/mol. The van der Waals surface area contributed by atoms with Gasteiger partial charge in [-0.3, -0.25) is 0 Å². The van der Waals surface area contributed by atoms with Crippen LogP contribution in [0.5, 0.6) is 0 Å². The van der Waals surface area contributed by atoms with E-state index in [0.717, 1.165) is 60.6 Å². The molecular weight excluding hydrogens is 464 g/mol. The van der Waals surface area contributed by atoms with Crippen molar-refractivity contribution in [3.63, 3.8) is 0 Å². The molecule has 0 unspecified atom stereocenters. The lowest BCUT2D eigenvalue weighted by Crippen LogP contribution is -1.84. The second kappa shape index (κ2) is 8.22. The molecule has 2 heteroatoms. The molecule has 178 valence electrons. The summed E-state index contributed by atoms with van der Waals surface area (Å²) in [6.45, 7) is 0. The number of fused-ring (bicyclic) bond motifs is 6. The smallest absolute Gasteiger partial charge is 0.147 e. The predicted octanol–water partition coefficient (Wildman–Crippen LogP) is 10.5. The van der Waals surface area contributed by atoms with Gasteiger partial charge in [0.25, 0.3) is 0 Å². The summed E-state index contributed by atoms with van der Waals surface area (Å²) in [5.41, 5.74) is 10.2. The summed E-state index contributed by atoms with van der Waals surface area (Å²) in [6, 6.07) is 46.6. The zero-order chi connectivity index (χ0) is 25.1. The topological polar surface area (TPSA) is 26.3 Å². The third-order valence-electron chi connectivity index (χ3n) is 7.47.